The fourth-order valence-corrected chi connectivity index (χ4v) is 3.27. The van der Waals surface area contributed by atoms with Gasteiger partial charge in [0.15, 0.2) is 0 Å². The first-order chi connectivity index (χ1) is 15.1. The number of aromatic carboxylic acids is 1. The van der Waals surface area contributed by atoms with Gasteiger partial charge in [0.25, 0.3) is 11.8 Å². The molecule has 1 aromatic heterocycles. The smallest absolute Gasteiger partial charge is 0.339 e. The predicted molar refractivity (Wildman–Crippen MR) is 115 cm³/mol. The maximum atomic E-state index is 13.2. The van der Waals surface area contributed by atoms with Crippen molar-refractivity contribution < 1.29 is 28.6 Å². The van der Waals surface area contributed by atoms with Gasteiger partial charge < -0.3 is 20.5 Å². The van der Waals surface area contributed by atoms with Gasteiger partial charge in [0.05, 0.1) is 23.7 Å². The van der Waals surface area contributed by atoms with Gasteiger partial charge in [0, 0.05) is 14.1 Å². The number of fused-ring (bicyclic) bond motifs is 1. The molecule has 10 heteroatoms. The molecule has 0 saturated carbocycles. The first-order valence-corrected chi connectivity index (χ1v) is 9.42. The molecule has 0 aliphatic carbocycles. The maximum Gasteiger partial charge on any atom is 0.339 e. The van der Waals surface area contributed by atoms with Crippen molar-refractivity contribution in [1.82, 2.24) is 14.7 Å². The molecule has 0 aliphatic rings. The predicted octanol–water partition coefficient (Wildman–Crippen LogP) is 2.17. The van der Waals surface area contributed by atoms with E-state index in [1.807, 2.05) is 0 Å². The number of carboxylic acid groups (broad SMARTS) is 1. The summed E-state index contributed by atoms with van der Waals surface area (Å²) in [5.41, 5.74) is 6.56. The Bertz CT molecular complexity index is 1230. The van der Waals surface area contributed by atoms with Crippen molar-refractivity contribution in [1.29, 1.82) is 0 Å². The Hall–Kier alpha value is -4.21. The average molecular weight is 440 g/mol. The van der Waals surface area contributed by atoms with Crippen molar-refractivity contribution >= 4 is 40.8 Å². The second-order valence-corrected chi connectivity index (χ2v) is 7.10. The second kappa shape index (κ2) is 8.88. The number of hydrogen-bond acceptors (Lipinski definition) is 5. The van der Waals surface area contributed by atoms with E-state index in [9.17, 15) is 23.9 Å². The van der Waals surface area contributed by atoms with Crippen molar-refractivity contribution in [2.24, 2.45) is 5.73 Å². The Morgan fingerprint density at radius 2 is 1.81 bits per heavy atom. The number of carbonyl (C=O) groups is 3. The molecule has 1 atom stereocenters. The average Bonchev–Trinajstić information content (AvgIpc) is 3.10. The first kappa shape index (κ1) is 22.5. The first-order valence-electron chi connectivity index (χ1n) is 9.42. The number of aromatic nitrogens is 2. The highest BCUT2D eigenvalue weighted by atomic mass is 19.1. The van der Waals surface area contributed by atoms with Crippen LogP contribution in [0.15, 0.2) is 36.4 Å². The third-order valence-corrected chi connectivity index (χ3v) is 4.78. The van der Waals surface area contributed by atoms with E-state index in [1.165, 1.54) is 50.4 Å². The SMILES string of the molecule is COc1c(C(=O)O)ccc2c1c(C=Cc1ccc(F)cc1)nn2C(C(N)=O)C(=O)N(C)C. The summed E-state index contributed by atoms with van der Waals surface area (Å²) in [6, 6.07) is 6.95. The van der Waals surface area contributed by atoms with E-state index >= 15 is 0 Å². The summed E-state index contributed by atoms with van der Waals surface area (Å²) in [5.74, 6) is -3.13. The quantitative estimate of drug-likeness (QED) is 0.542. The minimum atomic E-state index is -1.46. The van der Waals surface area contributed by atoms with Crippen LogP contribution in [0.25, 0.3) is 23.1 Å². The molecule has 166 valence electrons. The number of nitrogens with zero attached hydrogens (tertiary/aromatic N) is 3. The van der Waals surface area contributed by atoms with Crippen LogP contribution in [0.1, 0.15) is 27.7 Å². The Kier molecular flexibility index (Phi) is 6.24. The van der Waals surface area contributed by atoms with Crippen molar-refractivity contribution in [3.63, 3.8) is 0 Å². The summed E-state index contributed by atoms with van der Waals surface area (Å²) < 4.78 is 19.7. The van der Waals surface area contributed by atoms with Crippen LogP contribution in [0.4, 0.5) is 4.39 Å². The highest BCUT2D eigenvalue weighted by Gasteiger charge is 2.32. The molecule has 3 rings (SSSR count). The number of carboxylic acids is 1. The molecule has 1 heterocycles. The van der Waals surface area contributed by atoms with E-state index in [2.05, 4.69) is 5.10 Å². The monoisotopic (exact) mass is 440 g/mol. The van der Waals surface area contributed by atoms with E-state index in [0.717, 1.165) is 4.68 Å². The van der Waals surface area contributed by atoms with Gasteiger partial charge in [-0.25, -0.2) is 13.9 Å². The highest BCUT2D eigenvalue weighted by molar-refractivity contribution is 6.06. The zero-order valence-corrected chi connectivity index (χ0v) is 17.6. The van der Waals surface area contributed by atoms with E-state index in [-0.39, 0.29) is 27.9 Å². The van der Waals surface area contributed by atoms with Crippen molar-refractivity contribution in [2.45, 2.75) is 6.04 Å². The lowest BCUT2D eigenvalue weighted by Gasteiger charge is -2.19. The minimum Gasteiger partial charge on any atom is -0.495 e. The van der Waals surface area contributed by atoms with Gasteiger partial charge >= 0.3 is 5.97 Å². The van der Waals surface area contributed by atoms with E-state index in [4.69, 9.17) is 10.5 Å². The number of rotatable bonds is 7. The second-order valence-electron chi connectivity index (χ2n) is 7.10. The minimum absolute atomic E-state index is 0.0144. The lowest BCUT2D eigenvalue weighted by molar-refractivity contribution is -0.138. The summed E-state index contributed by atoms with van der Waals surface area (Å²) in [4.78, 5) is 37.7. The van der Waals surface area contributed by atoms with Gasteiger partial charge in [-0.3, -0.25) is 9.59 Å². The van der Waals surface area contributed by atoms with E-state index in [0.29, 0.717) is 5.56 Å². The summed E-state index contributed by atoms with van der Waals surface area (Å²) in [6.07, 6.45) is 3.18. The molecule has 32 heavy (non-hydrogen) atoms. The third kappa shape index (κ3) is 4.15. The molecular formula is C22H21FN4O5. The number of carbonyl (C=O) groups excluding carboxylic acids is 2. The van der Waals surface area contributed by atoms with Crippen molar-refractivity contribution in [3.05, 3.63) is 59.0 Å². The van der Waals surface area contributed by atoms with E-state index < -0.39 is 29.6 Å². The number of halogens is 1. The van der Waals surface area contributed by atoms with Gasteiger partial charge in [-0.15, -0.1) is 0 Å². The van der Waals surface area contributed by atoms with Crippen LogP contribution in [0.3, 0.4) is 0 Å². The molecule has 9 nitrogen and oxygen atoms in total. The zero-order valence-electron chi connectivity index (χ0n) is 17.6. The van der Waals surface area contributed by atoms with Crippen LogP contribution >= 0.6 is 0 Å². The highest BCUT2D eigenvalue weighted by Crippen LogP contribution is 2.35. The maximum absolute atomic E-state index is 13.2. The van der Waals surface area contributed by atoms with Gasteiger partial charge in [0.1, 0.15) is 17.1 Å². The fourth-order valence-electron chi connectivity index (χ4n) is 3.27. The largest absolute Gasteiger partial charge is 0.495 e. The van der Waals surface area contributed by atoms with Gasteiger partial charge in [-0.2, -0.15) is 5.10 Å². The normalized spacial score (nSPS) is 12.1. The lowest BCUT2D eigenvalue weighted by atomic mass is 10.1. The standard InChI is InChI=1S/C22H21FN4O5/c1-26(2)21(29)18(20(24)28)27-16-11-9-14(22(30)31)19(32-3)17(16)15(25-27)10-6-12-4-7-13(23)8-5-12/h4-11,18H,1-3H3,(H2,24,28)(H,30,31). The Morgan fingerprint density at radius 3 is 2.34 bits per heavy atom. The molecule has 3 N–H and O–H groups in total. The number of amides is 2. The number of likely N-dealkylation sites (N-methyl/N-ethyl adjacent to an activating group) is 1. The van der Waals surface area contributed by atoms with Crippen LogP contribution in [-0.2, 0) is 9.59 Å². The van der Waals surface area contributed by atoms with Crippen LogP contribution in [0.5, 0.6) is 5.75 Å². The number of nitrogens with two attached hydrogens (primary N) is 1. The van der Waals surface area contributed by atoms with Crippen LogP contribution in [-0.4, -0.2) is 58.8 Å². The molecule has 3 aromatic rings. The zero-order chi connectivity index (χ0) is 23.6. The van der Waals surface area contributed by atoms with Crippen molar-refractivity contribution in [2.75, 3.05) is 21.2 Å². The van der Waals surface area contributed by atoms with Crippen molar-refractivity contribution in [3.8, 4) is 5.75 Å². The molecule has 0 aliphatic heterocycles. The summed E-state index contributed by atoms with van der Waals surface area (Å²) >= 11 is 0. The number of methoxy groups -OCH3 is 1. The number of primary amides is 1. The lowest BCUT2D eigenvalue weighted by Crippen LogP contribution is -2.40. The Labute approximate surface area is 182 Å². The summed E-state index contributed by atoms with van der Waals surface area (Å²) in [5, 5.41) is 14.2. The molecule has 0 spiro atoms. The Morgan fingerprint density at radius 1 is 1.16 bits per heavy atom. The number of benzene rings is 2. The summed E-state index contributed by atoms with van der Waals surface area (Å²) in [6.45, 7) is 0. The molecule has 2 aromatic carbocycles. The molecular weight excluding hydrogens is 419 g/mol. The fraction of sp³-hybridized carbons (Fsp3) is 0.182. The topological polar surface area (TPSA) is 128 Å². The number of ether oxygens (including phenoxy) is 1. The van der Waals surface area contributed by atoms with Crippen LogP contribution < -0.4 is 10.5 Å². The van der Waals surface area contributed by atoms with E-state index in [1.54, 1.807) is 24.3 Å². The summed E-state index contributed by atoms with van der Waals surface area (Å²) in [7, 11) is 4.26. The van der Waals surface area contributed by atoms with Crippen LogP contribution in [0, 0.1) is 5.82 Å². The molecule has 0 fully saturated rings. The molecule has 0 saturated heterocycles. The van der Waals surface area contributed by atoms with Gasteiger partial charge in [0.2, 0.25) is 6.04 Å². The van der Waals surface area contributed by atoms with Crippen LogP contribution in [0.2, 0.25) is 0 Å². The third-order valence-electron chi connectivity index (χ3n) is 4.78. The Balaban J connectivity index is 2.30. The molecule has 2 amide bonds. The number of hydrogen-bond donors (Lipinski definition) is 2. The molecule has 0 bridgehead atoms. The van der Waals surface area contributed by atoms with Gasteiger partial charge in [-0.05, 0) is 35.9 Å². The molecule has 1 unspecified atom stereocenters. The molecule has 0 radical (unpaired) electrons. The van der Waals surface area contributed by atoms with Gasteiger partial charge in [-0.1, -0.05) is 18.2 Å².